The molecule has 0 aliphatic rings. The highest BCUT2D eigenvalue weighted by molar-refractivity contribution is 5.45. The van der Waals surface area contributed by atoms with Crippen LogP contribution < -0.4 is 14.8 Å². The number of methoxy groups -OCH3 is 1. The Balaban J connectivity index is 2.54. The molecular formula is C13H19NO3. The van der Waals surface area contributed by atoms with Gasteiger partial charge in [-0.25, -0.2) is 0 Å². The molecule has 1 rings (SSSR count). The van der Waals surface area contributed by atoms with Crippen molar-refractivity contribution in [1.82, 2.24) is 5.32 Å². The fraction of sp³-hybridized carbons (Fsp3) is 0.462. The molecule has 0 aliphatic carbocycles. The lowest BCUT2D eigenvalue weighted by atomic mass is 10.2. The van der Waals surface area contributed by atoms with Crippen LogP contribution in [0.1, 0.15) is 19.8 Å². The van der Waals surface area contributed by atoms with E-state index in [-0.39, 0.29) is 6.10 Å². The molecule has 1 atom stereocenters. The molecule has 4 heteroatoms. The van der Waals surface area contributed by atoms with Gasteiger partial charge in [-0.2, -0.15) is 0 Å². The van der Waals surface area contributed by atoms with Crippen molar-refractivity contribution in [3.63, 3.8) is 0 Å². The van der Waals surface area contributed by atoms with E-state index in [0.29, 0.717) is 13.0 Å². The average Bonchev–Trinajstić information content (AvgIpc) is 2.37. The molecule has 1 N–H and O–H groups in total. The highest BCUT2D eigenvalue weighted by Crippen LogP contribution is 2.19. The van der Waals surface area contributed by atoms with E-state index in [9.17, 15) is 4.79 Å². The van der Waals surface area contributed by atoms with Crippen LogP contribution >= 0.6 is 0 Å². The Morgan fingerprint density at radius 1 is 1.29 bits per heavy atom. The van der Waals surface area contributed by atoms with Gasteiger partial charge in [0.05, 0.1) is 13.7 Å². The zero-order chi connectivity index (χ0) is 12.5. The number of carbonyl (C=O) groups is 1. The second-order valence-electron chi connectivity index (χ2n) is 3.73. The van der Waals surface area contributed by atoms with Gasteiger partial charge in [-0.3, -0.25) is 4.79 Å². The van der Waals surface area contributed by atoms with Crippen LogP contribution in [0.2, 0.25) is 0 Å². The van der Waals surface area contributed by atoms with Gasteiger partial charge in [0, 0.05) is 0 Å². The molecule has 1 aromatic rings. The molecule has 0 fully saturated rings. The van der Waals surface area contributed by atoms with Crippen LogP contribution in [-0.4, -0.2) is 26.2 Å². The van der Waals surface area contributed by atoms with E-state index >= 15 is 0 Å². The van der Waals surface area contributed by atoms with E-state index in [0.717, 1.165) is 24.3 Å². The van der Waals surface area contributed by atoms with Crippen molar-refractivity contribution in [1.29, 1.82) is 0 Å². The van der Waals surface area contributed by atoms with E-state index in [1.165, 1.54) is 0 Å². The third-order valence-corrected chi connectivity index (χ3v) is 2.40. The number of ether oxygens (including phenoxy) is 2. The lowest BCUT2D eigenvalue weighted by Crippen LogP contribution is -2.30. The Labute approximate surface area is 102 Å². The summed E-state index contributed by atoms with van der Waals surface area (Å²) in [7, 11) is 1.63. The standard InChI is InChI=1S/C13H19NO3/c1-3-4-13(9-14-10-15)17-12-7-5-11(16-2)6-8-12/h5-8,10,13H,3-4,9H2,1-2H3,(H,14,15). The molecule has 1 aromatic carbocycles. The third kappa shape index (κ3) is 4.76. The van der Waals surface area contributed by atoms with Crippen LogP contribution in [0.3, 0.4) is 0 Å². The summed E-state index contributed by atoms with van der Waals surface area (Å²) in [5, 5.41) is 2.65. The maximum absolute atomic E-state index is 10.3. The largest absolute Gasteiger partial charge is 0.497 e. The van der Waals surface area contributed by atoms with Crippen molar-refractivity contribution in [3.05, 3.63) is 24.3 Å². The van der Waals surface area contributed by atoms with Crippen LogP contribution in [0.5, 0.6) is 11.5 Å². The fourth-order valence-electron chi connectivity index (χ4n) is 1.55. The number of amides is 1. The van der Waals surface area contributed by atoms with Crippen molar-refractivity contribution in [2.75, 3.05) is 13.7 Å². The summed E-state index contributed by atoms with van der Waals surface area (Å²) >= 11 is 0. The van der Waals surface area contributed by atoms with Gasteiger partial charge in [0.15, 0.2) is 0 Å². The Kier molecular flexibility index (Phi) is 5.93. The lowest BCUT2D eigenvalue weighted by molar-refractivity contribution is -0.109. The summed E-state index contributed by atoms with van der Waals surface area (Å²) in [6.07, 6.45) is 2.63. The van der Waals surface area contributed by atoms with Crippen LogP contribution in [0.25, 0.3) is 0 Å². The topological polar surface area (TPSA) is 47.6 Å². The molecule has 0 aromatic heterocycles. The summed E-state index contributed by atoms with van der Waals surface area (Å²) in [4.78, 5) is 10.3. The molecule has 17 heavy (non-hydrogen) atoms. The van der Waals surface area contributed by atoms with Crippen LogP contribution in [-0.2, 0) is 4.79 Å². The molecule has 4 nitrogen and oxygen atoms in total. The SMILES string of the molecule is CCCC(CNC=O)Oc1ccc(OC)cc1. The smallest absolute Gasteiger partial charge is 0.207 e. The Morgan fingerprint density at radius 2 is 1.94 bits per heavy atom. The predicted molar refractivity (Wildman–Crippen MR) is 66.4 cm³/mol. The molecule has 0 spiro atoms. The first-order valence-corrected chi connectivity index (χ1v) is 5.78. The van der Waals surface area contributed by atoms with Gasteiger partial charge in [-0.15, -0.1) is 0 Å². The maximum Gasteiger partial charge on any atom is 0.207 e. The van der Waals surface area contributed by atoms with Crippen LogP contribution in [0, 0.1) is 0 Å². The first kappa shape index (κ1) is 13.4. The highest BCUT2D eigenvalue weighted by atomic mass is 16.5. The molecule has 0 saturated carbocycles. The van der Waals surface area contributed by atoms with E-state index < -0.39 is 0 Å². The lowest BCUT2D eigenvalue weighted by Gasteiger charge is -2.18. The summed E-state index contributed by atoms with van der Waals surface area (Å²) in [6, 6.07) is 7.43. The minimum absolute atomic E-state index is 0.0126. The van der Waals surface area contributed by atoms with E-state index in [2.05, 4.69) is 12.2 Å². The predicted octanol–water partition coefficient (Wildman–Crippen LogP) is 1.99. The molecule has 0 saturated heterocycles. The summed E-state index contributed by atoms with van der Waals surface area (Å²) < 4.78 is 10.9. The first-order valence-electron chi connectivity index (χ1n) is 5.78. The molecule has 1 amide bonds. The van der Waals surface area contributed by atoms with Gasteiger partial charge in [0.1, 0.15) is 17.6 Å². The average molecular weight is 237 g/mol. The van der Waals surface area contributed by atoms with Crippen molar-refractivity contribution in [3.8, 4) is 11.5 Å². The molecule has 1 unspecified atom stereocenters. The molecule has 94 valence electrons. The van der Waals surface area contributed by atoms with Crippen molar-refractivity contribution in [2.45, 2.75) is 25.9 Å². The minimum atomic E-state index is 0.0126. The Hall–Kier alpha value is -1.71. The molecule has 0 bridgehead atoms. The van der Waals surface area contributed by atoms with Gasteiger partial charge < -0.3 is 14.8 Å². The molecule has 0 aliphatic heterocycles. The zero-order valence-electron chi connectivity index (χ0n) is 10.3. The maximum atomic E-state index is 10.3. The molecular weight excluding hydrogens is 218 g/mol. The van der Waals surface area contributed by atoms with Gasteiger partial charge in [-0.05, 0) is 30.7 Å². The van der Waals surface area contributed by atoms with Gasteiger partial charge in [0.25, 0.3) is 0 Å². The summed E-state index contributed by atoms with van der Waals surface area (Å²) in [5.41, 5.74) is 0. The number of hydrogen-bond acceptors (Lipinski definition) is 3. The Morgan fingerprint density at radius 3 is 2.47 bits per heavy atom. The summed E-state index contributed by atoms with van der Waals surface area (Å²) in [6.45, 7) is 2.62. The number of nitrogens with one attached hydrogen (secondary N) is 1. The normalized spacial score (nSPS) is 11.6. The number of benzene rings is 1. The van der Waals surface area contributed by atoms with Gasteiger partial charge >= 0.3 is 0 Å². The van der Waals surface area contributed by atoms with Crippen molar-refractivity contribution in [2.24, 2.45) is 0 Å². The van der Waals surface area contributed by atoms with Crippen molar-refractivity contribution >= 4 is 6.41 Å². The highest BCUT2D eigenvalue weighted by Gasteiger charge is 2.08. The van der Waals surface area contributed by atoms with Crippen molar-refractivity contribution < 1.29 is 14.3 Å². The Bertz CT molecular complexity index is 324. The minimum Gasteiger partial charge on any atom is -0.497 e. The van der Waals surface area contributed by atoms with Crippen LogP contribution in [0.15, 0.2) is 24.3 Å². The number of carbonyl (C=O) groups excluding carboxylic acids is 1. The monoisotopic (exact) mass is 237 g/mol. The van der Waals surface area contributed by atoms with E-state index in [4.69, 9.17) is 9.47 Å². The van der Waals surface area contributed by atoms with Gasteiger partial charge in [0.2, 0.25) is 6.41 Å². The van der Waals surface area contributed by atoms with Gasteiger partial charge in [-0.1, -0.05) is 13.3 Å². The molecule has 0 radical (unpaired) electrons. The summed E-state index contributed by atoms with van der Waals surface area (Å²) in [5.74, 6) is 1.59. The second-order valence-corrected chi connectivity index (χ2v) is 3.73. The van der Waals surface area contributed by atoms with E-state index in [1.807, 2.05) is 24.3 Å². The number of hydrogen-bond donors (Lipinski definition) is 1. The van der Waals surface area contributed by atoms with E-state index in [1.54, 1.807) is 7.11 Å². The third-order valence-electron chi connectivity index (χ3n) is 2.40. The molecule has 0 heterocycles. The van der Waals surface area contributed by atoms with Crippen LogP contribution in [0.4, 0.5) is 0 Å². The quantitative estimate of drug-likeness (QED) is 0.703. The number of rotatable bonds is 8. The zero-order valence-corrected chi connectivity index (χ0v) is 10.3. The fourth-order valence-corrected chi connectivity index (χ4v) is 1.55. The first-order chi connectivity index (χ1) is 8.30. The second kappa shape index (κ2) is 7.54.